The molecule has 0 unspecified atom stereocenters. The maximum absolute atomic E-state index is 11.4. The summed E-state index contributed by atoms with van der Waals surface area (Å²) in [4.78, 5) is 11.4. The summed E-state index contributed by atoms with van der Waals surface area (Å²) in [5.74, 6) is 0.316. The van der Waals surface area contributed by atoms with Crippen molar-refractivity contribution in [2.75, 3.05) is 6.54 Å². The van der Waals surface area contributed by atoms with Crippen LogP contribution in [0.15, 0.2) is 24.3 Å². The molecule has 1 amide bonds. The van der Waals surface area contributed by atoms with E-state index >= 15 is 0 Å². The minimum Gasteiger partial charge on any atom is -0.352 e. The summed E-state index contributed by atoms with van der Waals surface area (Å²) in [6.45, 7) is 4.75. The molecular formula is C13H15Cl2NO. The highest BCUT2D eigenvalue weighted by atomic mass is 35.5. The molecule has 1 aromatic carbocycles. The van der Waals surface area contributed by atoms with E-state index < -0.39 is 0 Å². The molecule has 0 aliphatic heterocycles. The lowest BCUT2D eigenvalue weighted by Gasteiger charge is -2.04. The van der Waals surface area contributed by atoms with Crippen molar-refractivity contribution in [3.05, 3.63) is 39.9 Å². The van der Waals surface area contributed by atoms with Gasteiger partial charge in [0, 0.05) is 22.7 Å². The predicted octanol–water partition coefficient (Wildman–Crippen LogP) is 3.78. The monoisotopic (exact) mass is 271 g/mol. The van der Waals surface area contributed by atoms with Gasteiger partial charge in [-0.15, -0.1) is 0 Å². The van der Waals surface area contributed by atoms with Gasteiger partial charge in [-0.25, -0.2) is 0 Å². The maximum Gasteiger partial charge on any atom is 0.244 e. The molecule has 0 heterocycles. The number of rotatable bonds is 4. The molecule has 1 N–H and O–H groups in total. The average molecular weight is 272 g/mol. The molecule has 0 saturated carbocycles. The summed E-state index contributed by atoms with van der Waals surface area (Å²) in [6.07, 6.45) is 3.14. The summed E-state index contributed by atoms with van der Waals surface area (Å²) in [7, 11) is 0. The van der Waals surface area contributed by atoms with Crippen LogP contribution in [0.3, 0.4) is 0 Å². The Labute approximate surface area is 112 Å². The van der Waals surface area contributed by atoms with E-state index in [1.165, 1.54) is 6.08 Å². The van der Waals surface area contributed by atoms with Crippen LogP contribution in [0.2, 0.25) is 10.0 Å². The van der Waals surface area contributed by atoms with Crippen molar-refractivity contribution in [1.82, 2.24) is 5.32 Å². The molecule has 92 valence electrons. The van der Waals surface area contributed by atoms with Crippen molar-refractivity contribution < 1.29 is 4.79 Å². The fourth-order valence-electron chi connectivity index (χ4n) is 1.17. The van der Waals surface area contributed by atoms with Gasteiger partial charge in [0.1, 0.15) is 0 Å². The van der Waals surface area contributed by atoms with Gasteiger partial charge in [-0.3, -0.25) is 4.79 Å². The molecule has 17 heavy (non-hydrogen) atoms. The van der Waals surface area contributed by atoms with Crippen LogP contribution in [-0.4, -0.2) is 12.5 Å². The van der Waals surface area contributed by atoms with E-state index in [1.807, 2.05) is 13.8 Å². The molecule has 0 fully saturated rings. The molecule has 0 saturated heterocycles. The summed E-state index contributed by atoms with van der Waals surface area (Å²) in [6, 6.07) is 5.16. The number of amides is 1. The zero-order valence-electron chi connectivity index (χ0n) is 9.84. The van der Waals surface area contributed by atoms with Gasteiger partial charge in [0.25, 0.3) is 0 Å². The van der Waals surface area contributed by atoms with Crippen molar-refractivity contribution in [3.8, 4) is 0 Å². The Morgan fingerprint density at radius 1 is 1.41 bits per heavy atom. The van der Waals surface area contributed by atoms with Crippen LogP contribution in [0.4, 0.5) is 0 Å². The van der Waals surface area contributed by atoms with Gasteiger partial charge in [0.2, 0.25) is 5.91 Å². The Morgan fingerprint density at radius 3 is 2.71 bits per heavy atom. The van der Waals surface area contributed by atoms with Crippen molar-refractivity contribution >= 4 is 35.2 Å². The van der Waals surface area contributed by atoms with Gasteiger partial charge in [-0.1, -0.05) is 43.1 Å². The molecule has 0 atom stereocenters. The van der Waals surface area contributed by atoms with Gasteiger partial charge >= 0.3 is 0 Å². The Kier molecular flexibility index (Phi) is 5.52. The SMILES string of the molecule is CC(C)CNC(=O)/C=C/c1ccc(Cl)cc1Cl. The first-order valence-electron chi connectivity index (χ1n) is 5.40. The number of hydrogen-bond acceptors (Lipinski definition) is 1. The second kappa shape index (κ2) is 6.67. The van der Waals surface area contributed by atoms with Crippen molar-refractivity contribution in [1.29, 1.82) is 0 Å². The summed E-state index contributed by atoms with van der Waals surface area (Å²) < 4.78 is 0. The minimum atomic E-state index is -0.121. The second-order valence-electron chi connectivity index (χ2n) is 4.14. The summed E-state index contributed by atoms with van der Waals surface area (Å²) >= 11 is 11.7. The highest BCUT2D eigenvalue weighted by Crippen LogP contribution is 2.21. The number of nitrogens with one attached hydrogen (secondary N) is 1. The number of hydrogen-bond donors (Lipinski definition) is 1. The van der Waals surface area contributed by atoms with Gasteiger partial charge in [-0.05, 0) is 29.7 Å². The quantitative estimate of drug-likeness (QED) is 0.830. The largest absolute Gasteiger partial charge is 0.352 e. The fourth-order valence-corrected chi connectivity index (χ4v) is 1.64. The zero-order valence-corrected chi connectivity index (χ0v) is 11.3. The van der Waals surface area contributed by atoms with Crippen LogP contribution in [-0.2, 0) is 4.79 Å². The fraction of sp³-hybridized carbons (Fsp3) is 0.308. The standard InChI is InChI=1S/C13H15Cl2NO/c1-9(2)8-16-13(17)6-4-10-3-5-11(14)7-12(10)15/h3-7,9H,8H2,1-2H3,(H,16,17)/b6-4+. The minimum absolute atomic E-state index is 0.121. The van der Waals surface area contributed by atoms with Gasteiger partial charge < -0.3 is 5.32 Å². The van der Waals surface area contributed by atoms with Crippen LogP contribution in [0.25, 0.3) is 6.08 Å². The smallest absolute Gasteiger partial charge is 0.244 e. The van der Waals surface area contributed by atoms with E-state index in [2.05, 4.69) is 5.32 Å². The van der Waals surface area contributed by atoms with Gasteiger partial charge in [0.05, 0.1) is 0 Å². The molecule has 0 aliphatic carbocycles. The molecule has 0 aliphatic rings. The third-order valence-electron chi connectivity index (χ3n) is 2.06. The third kappa shape index (κ3) is 5.24. The lowest BCUT2D eigenvalue weighted by molar-refractivity contribution is -0.116. The first-order chi connectivity index (χ1) is 7.99. The lowest BCUT2D eigenvalue weighted by Crippen LogP contribution is -2.25. The molecule has 2 nitrogen and oxygen atoms in total. The van der Waals surface area contributed by atoms with E-state index in [-0.39, 0.29) is 5.91 Å². The zero-order chi connectivity index (χ0) is 12.8. The highest BCUT2D eigenvalue weighted by Gasteiger charge is 2.00. The normalized spacial score (nSPS) is 11.1. The van der Waals surface area contributed by atoms with E-state index in [1.54, 1.807) is 24.3 Å². The number of carbonyl (C=O) groups is 1. The van der Waals surface area contributed by atoms with E-state index in [0.29, 0.717) is 22.5 Å². The Morgan fingerprint density at radius 2 is 2.12 bits per heavy atom. The van der Waals surface area contributed by atoms with Crippen LogP contribution in [0.1, 0.15) is 19.4 Å². The molecule has 0 spiro atoms. The first kappa shape index (κ1) is 14.1. The van der Waals surface area contributed by atoms with Crippen LogP contribution >= 0.6 is 23.2 Å². The molecule has 1 rings (SSSR count). The topological polar surface area (TPSA) is 29.1 Å². The second-order valence-corrected chi connectivity index (χ2v) is 4.98. The third-order valence-corrected chi connectivity index (χ3v) is 2.62. The Balaban J connectivity index is 2.61. The van der Waals surface area contributed by atoms with Crippen molar-refractivity contribution in [2.24, 2.45) is 5.92 Å². The average Bonchev–Trinajstić information content (AvgIpc) is 2.25. The highest BCUT2D eigenvalue weighted by molar-refractivity contribution is 6.35. The van der Waals surface area contributed by atoms with Crippen molar-refractivity contribution in [2.45, 2.75) is 13.8 Å². The Hall–Kier alpha value is -0.990. The molecule has 0 radical (unpaired) electrons. The summed E-state index contributed by atoms with van der Waals surface area (Å²) in [5, 5.41) is 3.90. The Bertz CT molecular complexity index is 427. The van der Waals surface area contributed by atoms with E-state index in [9.17, 15) is 4.79 Å². The number of carbonyl (C=O) groups excluding carboxylic acids is 1. The molecule has 4 heteroatoms. The van der Waals surface area contributed by atoms with Gasteiger partial charge in [0.15, 0.2) is 0 Å². The van der Waals surface area contributed by atoms with E-state index in [0.717, 1.165) is 5.56 Å². The predicted molar refractivity (Wildman–Crippen MR) is 73.3 cm³/mol. The number of halogens is 2. The van der Waals surface area contributed by atoms with Crippen LogP contribution < -0.4 is 5.32 Å². The lowest BCUT2D eigenvalue weighted by atomic mass is 10.2. The molecule has 0 aromatic heterocycles. The first-order valence-corrected chi connectivity index (χ1v) is 6.15. The van der Waals surface area contributed by atoms with Gasteiger partial charge in [-0.2, -0.15) is 0 Å². The van der Waals surface area contributed by atoms with E-state index in [4.69, 9.17) is 23.2 Å². The molecular weight excluding hydrogens is 257 g/mol. The summed E-state index contributed by atoms with van der Waals surface area (Å²) in [5.41, 5.74) is 0.774. The van der Waals surface area contributed by atoms with Crippen LogP contribution in [0.5, 0.6) is 0 Å². The maximum atomic E-state index is 11.4. The molecule has 1 aromatic rings. The van der Waals surface area contributed by atoms with Crippen molar-refractivity contribution in [3.63, 3.8) is 0 Å². The van der Waals surface area contributed by atoms with Crippen LogP contribution in [0, 0.1) is 5.92 Å². The number of benzene rings is 1. The molecule has 0 bridgehead atoms.